The molecule has 0 bridgehead atoms. The van der Waals surface area contributed by atoms with Gasteiger partial charge in [0.2, 0.25) is 0 Å². The van der Waals surface area contributed by atoms with E-state index in [2.05, 4.69) is 45.9 Å². The molecule has 0 amide bonds. The molecule has 6 nitrogen and oxygen atoms in total. The lowest BCUT2D eigenvalue weighted by Gasteiger charge is -2.37. The van der Waals surface area contributed by atoms with E-state index in [-0.39, 0.29) is 0 Å². The van der Waals surface area contributed by atoms with Gasteiger partial charge in [0.05, 0.1) is 6.20 Å². The standard InChI is InChI=1S/C19H24N6/c1-3-5-16-14-18(25-17(22-16)7-9-21-25)23-10-12-24(13-11-23)19-15(2)6-4-8-20-19/h4,6-9,14H,3,5,10-13H2,1-2H3. The first-order chi connectivity index (χ1) is 12.3. The molecule has 1 aliphatic heterocycles. The van der Waals surface area contributed by atoms with Crippen molar-refractivity contribution < 1.29 is 0 Å². The lowest BCUT2D eigenvalue weighted by molar-refractivity contribution is 0.631. The minimum Gasteiger partial charge on any atom is -0.353 e. The Balaban J connectivity index is 1.57. The van der Waals surface area contributed by atoms with Gasteiger partial charge in [-0.2, -0.15) is 9.61 Å². The molecule has 25 heavy (non-hydrogen) atoms. The van der Waals surface area contributed by atoms with Crippen molar-refractivity contribution in [3.8, 4) is 0 Å². The van der Waals surface area contributed by atoms with Gasteiger partial charge in [0.1, 0.15) is 11.6 Å². The van der Waals surface area contributed by atoms with Crippen molar-refractivity contribution in [1.82, 2.24) is 19.6 Å². The van der Waals surface area contributed by atoms with Gasteiger partial charge in [-0.1, -0.05) is 19.4 Å². The van der Waals surface area contributed by atoms with E-state index in [0.717, 1.165) is 62.0 Å². The van der Waals surface area contributed by atoms with Crippen LogP contribution in [0.5, 0.6) is 0 Å². The average Bonchev–Trinajstić information content (AvgIpc) is 3.11. The van der Waals surface area contributed by atoms with Crippen LogP contribution in [0.25, 0.3) is 5.65 Å². The van der Waals surface area contributed by atoms with Gasteiger partial charge in [0, 0.05) is 50.2 Å². The van der Waals surface area contributed by atoms with Crippen LogP contribution in [0.3, 0.4) is 0 Å². The second-order valence-electron chi connectivity index (χ2n) is 6.57. The van der Waals surface area contributed by atoms with Gasteiger partial charge >= 0.3 is 0 Å². The van der Waals surface area contributed by atoms with Crippen LogP contribution in [-0.4, -0.2) is 45.8 Å². The normalized spacial score (nSPS) is 15.1. The Hall–Kier alpha value is -2.63. The van der Waals surface area contributed by atoms with E-state index in [1.165, 1.54) is 5.56 Å². The van der Waals surface area contributed by atoms with E-state index >= 15 is 0 Å². The third-order valence-corrected chi connectivity index (χ3v) is 4.78. The predicted octanol–water partition coefficient (Wildman–Crippen LogP) is 2.71. The molecule has 1 fully saturated rings. The molecule has 0 aliphatic carbocycles. The lowest BCUT2D eigenvalue weighted by Crippen LogP contribution is -2.47. The second-order valence-corrected chi connectivity index (χ2v) is 6.57. The summed E-state index contributed by atoms with van der Waals surface area (Å²) in [5, 5.41) is 4.47. The van der Waals surface area contributed by atoms with E-state index in [4.69, 9.17) is 4.98 Å². The van der Waals surface area contributed by atoms with Crippen molar-refractivity contribution >= 4 is 17.3 Å². The van der Waals surface area contributed by atoms with Crippen LogP contribution >= 0.6 is 0 Å². The van der Waals surface area contributed by atoms with Crippen molar-refractivity contribution in [1.29, 1.82) is 0 Å². The maximum absolute atomic E-state index is 4.71. The highest BCUT2D eigenvalue weighted by molar-refractivity contribution is 5.53. The van der Waals surface area contributed by atoms with Gasteiger partial charge in [-0.05, 0) is 25.0 Å². The summed E-state index contributed by atoms with van der Waals surface area (Å²) in [5.74, 6) is 2.25. The molecule has 6 heteroatoms. The third-order valence-electron chi connectivity index (χ3n) is 4.78. The Kier molecular flexibility index (Phi) is 4.26. The number of hydrogen-bond acceptors (Lipinski definition) is 5. The number of hydrogen-bond donors (Lipinski definition) is 0. The highest BCUT2D eigenvalue weighted by Gasteiger charge is 2.21. The second kappa shape index (κ2) is 6.70. The molecule has 0 saturated carbocycles. The maximum Gasteiger partial charge on any atom is 0.157 e. The summed E-state index contributed by atoms with van der Waals surface area (Å²) in [5.41, 5.74) is 3.32. The number of fused-ring (bicyclic) bond motifs is 1. The molecule has 4 rings (SSSR count). The molecule has 0 N–H and O–H groups in total. The topological polar surface area (TPSA) is 49.6 Å². The SMILES string of the molecule is CCCc1cc(N2CCN(c3ncccc3C)CC2)n2nccc2n1. The Morgan fingerprint density at radius 3 is 2.60 bits per heavy atom. The summed E-state index contributed by atoms with van der Waals surface area (Å²) in [4.78, 5) is 14.1. The van der Waals surface area contributed by atoms with Crippen LogP contribution < -0.4 is 9.80 Å². The number of nitrogens with zero attached hydrogens (tertiary/aromatic N) is 6. The van der Waals surface area contributed by atoms with Crippen LogP contribution in [0.2, 0.25) is 0 Å². The monoisotopic (exact) mass is 336 g/mol. The number of anilines is 2. The molecule has 3 aromatic rings. The Bertz CT molecular complexity index is 863. The number of rotatable bonds is 4. The zero-order valence-electron chi connectivity index (χ0n) is 14.9. The highest BCUT2D eigenvalue weighted by Crippen LogP contribution is 2.22. The minimum absolute atomic E-state index is 0.934. The predicted molar refractivity (Wildman–Crippen MR) is 100 cm³/mol. The largest absolute Gasteiger partial charge is 0.353 e. The van der Waals surface area contributed by atoms with Crippen molar-refractivity contribution in [3.63, 3.8) is 0 Å². The number of piperazine rings is 1. The summed E-state index contributed by atoms with van der Waals surface area (Å²) in [6.07, 6.45) is 5.81. The van der Waals surface area contributed by atoms with Gasteiger partial charge in [0.25, 0.3) is 0 Å². The molecule has 130 valence electrons. The highest BCUT2D eigenvalue weighted by atomic mass is 15.4. The molecule has 0 atom stereocenters. The molecule has 1 aliphatic rings. The van der Waals surface area contributed by atoms with E-state index < -0.39 is 0 Å². The summed E-state index contributed by atoms with van der Waals surface area (Å²) < 4.78 is 1.96. The van der Waals surface area contributed by atoms with Gasteiger partial charge in [-0.15, -0.1) is 0 Å². The first-order valence-corrected chi connectivity index (χ1v) is 9.01. The fourth-order valence-electron chi connectivity index (χ4n) is 3.51. The Morgan fingerprint density at radius 2 is 1.84 bits per heavy atom. The quantitative estimate of drug-likeness (QED) is 0.733. The maximum atomic E-state index is 4.71. The summed E-state index contributed by atoms with van der Waals surface area (Å²) in [6, 6.07) is 8.30. The van der Waals surface area contributed by atoms with Gasteiger partial charge in [-0.3, -0.25) is 0 Å². The van der Waals surface area contributed by atoms with Crippen molar-refractivity contribution in [2.24, 2.45) is 0 Å². The van der Waals surface area contributed by atoms with Crippen LogP contribution in [0.15, 0.2) is 36.7 Å². The van der Waals surface area contributed by atoms with Gasteiger partial charge < -0.3 is 9.80 Å². The third kappa shape index (κ3) is 3.04. The average molecular weight is 336 g/mol. The van der Waals surface area contributed by atoms with Crippen molar-refractivity contribution in [2.75, 3.05) is 36.0 Å². The number of pyridine rings is 1. The molecule has 0 radical (unpaired) electrons. The molecule has 0 aromatic carbocycles. The van der Waals surface area contributed by atoms with Crippen LogP contribution in [0.1, 0.15) is 24.6 Å². The van der Waals surface area contributed by atoms with Crippen LogP contribution in [-0.2, 0) is 6.42 Å². The molecular weight excluding hydrogens is 312 g/mol. The first-order valence-electron chi connectivity index (χ1n) is 9.01. The van der Waals surface area contributed by atoms with E-state index in [1.807, 2.05) is 29.0 Å². The summed E-state index contributed by atoms with van der Waals surface area (Å²) >= 11 is 0. The zero-order chi connectivity index (χ0) is 17.2. The van der Waals surface area contributed by atoms with E-state index in [1.54, 1.807) is 0 Å². The van der Waals surface area contributed by atoms with Gasteiger partial charge in [-0.25, -0.2) is 9.97 Å². The minimum atomic E-state index is 0.934. The van der Waals surface area contributed by atoms with Gasteiger partial charge in [0.15, 0.2) is 5.65 Å². The smallest absolute Gasteiger partial charge is 0.157 e. The number of aryl methyl sites for hydroxylation is 2. The Morgan fingerprint density at radius 1 is 1.04 bits per heavy atom. The molecule has 4 heterocycles. The fraction of sp³-hybridized carbons (Fsp3) is 0.421. The van der Waals surface area contributed by atoms with Crippen LogP contribution in [0.4, 0.5) is 11.6 Å². The van der Waals surface area contributed by atoms with Crippen molar-refractivity contribution in [2.45, 2.75) is 26.7 Å². The molecule has 1 saturated heterocycles. The van der Waals surface area contributed by atoms with E-state index in [9.17, 15) is 0 Å². The van der Waals surface area contributed by atoms with E-state index in [0.29, 0.717) is 0 Å². The summed E-state index contributed by atoms with van der Waals surface area (Å²) in [7, 11) is 0. The Labute approximate surface area is 148 Å². The lowest BCUT2D eigenvalue weighted by atomic mass is 10.2. The molecule has 0 unspecified atom stereocenters. The number of aromatic nitrogens is 4. The van der Waals surface area contributed by atoms with Crippen molar-refractivity contribution in [3.05, 3.63) is 47.9 Å². The zero-order valence-corrected chi connectivity index (χ0v) is 14.9. The fourth-order valence-corrected chi connectivity index (χ4v) is 3.51. The first kappa shape index (κ1) is 15.9. The molecule has 0 spiro atoms. The molecular formula is C19H24N6. The molecule has 3 aromatic heterocycles. The summed E-state index contributed by atoms with van der Waals surface area (Å²) in [6.45, 7) is 8.16. The van der Waals surface area contributed by atoms with Crippen LogP contribution in [0, 0.1) is 6.92 Å².